The van der Waals surface area contributed by atoms with Gasteiger partial charge in [0.25, 0.3) is 0 Å². The van der Waals surface area contributed by atoms with Gasteiger partial charge in [0.1, 0.15) is 5.75 Å². The number of aromatic hydroxyl groups is 1. The average Bonchev–Trinajstić information content (AvgIpc) is 1.93. The molecule has 0 spiro atoms. The van der Waals surface area contributed by atoms with E-state index in [0.717, 1.165) is 24.2 Å². The van der Waals surface area contributed by atoms with E-state index in [4.69, 9.17) is 5.73 Å². The van der Waals surface area contributed by atoms with E-state index >= 15 is 0 Å². The van der Waals surface area contributed by atoms with Crippen molar-refractivity contribution in [3.63, 3.8) is 0 Å². The fourth-order valence-corrected chi connectivity index (χ4v) is 1.42. The van der Waals surface area contributed by atoms with Crippen molar-refractivity contribution in [1.29, 1.82) is 0 Å². The molecule has 1 atom stereocenters. The normalized spacial score (nSPS) is 21.8. The van der Waals surface area contributed by atoms with Crippen molar-refractivity contribution in [2.24, 2.45) is 0 Å². The molecule has 1 aromatic carbocycles. The van der Waals surface area contributed by atoms with Crippen LogP contribution in [-0.4, -0.2) is 11.7 Å². The van der Waals surface area contributed by atoms with Gasteiger partial charge >= 0.3 is 0 Å². The van der Waals surface area contributed by atoms with E-state index in [9.17, 15) is 5.11 Å². The van der Waals surface area contributed by atoms with Crippen molar-refractivity contribution in [2.45, 2.75) is 12.5 Å². The summed E-state index contributed by atoms with van der Waals surface area (Å²) in [5, 5.41) is 12.5. The van der Waals surface area contributed by atoms with Crippen molar-refractivity contribution in [3.05, 3.63) is 23.8 Å². The highest BCUT2D eigenvalue weighted by Gasteiger charge is 2.20. The Bertz CT molecular complexity index is 295. The first kappa shape index (κ1) is 7.43. The molecule has 3 heteroatoms. The molecular weight excluding hydrogens is 152 g/mol. The number of phenols is 1. The van der Waals surface area contributed by atoms with Gasteiger partial charge in [-0.15, -0.1) is 0 Å². The summed E-state index contributed by atoms with van der Waals surface area (Å²) in [6.07, 6.45) is 1.10. The fourth-order valence-electron chi connectivity index (χ4n) is 1.42. The number of nitrogen functional groups attached to an aromatic ring is 1. The number of nitrogens with two attached hydrogens (primary N) is 1. The molecule has 1 fully saturated rings. The monoisotopic (exact) mass is 164 g/mol. The zero-order chi connectivity index (χ0) is 8.55. The molecular formula is C9H12N2O. The zero-order valence-corrected chi connectivity index (χ0v) is 6.75. The maximum absolute atomic E-state index is 9.22. The van der Waals surface area contributed by atoms with Crippen LogP contribution in [0.25, 0.3) is 0 Å². The van der Waals surface area contributed by atoms with Crippen molar-refractivity contribution >= 4 is 5.69 Å². The van der Waals surface area contributed by atoms with Gasteiger partial charge in [0.05, 0.1) is 0 Å². The number of phenolic OH excluding ortho intramolecular Hbond substituents is 1. The minimum absolute atomic E-state index is 0.285. The molecule has 0 saturated carbocycles. The first-order valence-electron chi connectivity index (χ1n) is 4.09. The van der Waals surface area contributed by atoms with Crippen molar-refractivity contribution in [2.75, 3.05) is 12.3 Å². The summed E-state index contributed by atoms with van der Waals surface area (Å²) in [7, 11) is 0. The van der Waals surface area contributed by atoms with Gasteiger partial charge in [0, 0.05) is 11.7 Å². The maximum atomic E-state index is 9.22. The highest BCUT2D eigenvalue weighted by molar-refractivity contribution is 5.52. The minimum atomic E-state index is 0.285. The van der Waals surface area contributed by atoms with Crippen LogP contribution in [0.4, 0.5) is 5.69 Å². The topological polar surface area (TPSA) is 58.3 Å². The summed E-state index contributed by atoms with van der Waals surface area (Å²) >= 11 is 0. The Balaban J connectivity index is 2.34. The van der Waals surface area contributed by atoms with Crippen molar-refractivity contribution in [1.82, 2.24) is 5.32 Å². The number of hydrogen-bond donors (Lipinski definition) is 3. The standard InChI is InChI=1S/C9H12N2O/c10-8-2-1-6(12)5-7(8)9-3-4-11-9/h1-2,5,9,11-12H,3-4,10H2/t9-/m1/s1. The summed E-state index contributed by atoms with van der Waals surface area (Å²) in [6.45, 7) is 1.04. The van der Waals surface area contributed by atoms with Gasteiger partial charge in [-0.3, -0.25) is 0 Å². The highest BCUT2D eigenvalue weighted by Crippen LogP contribution is 2.30. The number of rotatable bonds is 1. The SMILES string of the molecule is Nc1ccc(O)cc1[C@H]1CCN1. The summed E-state index contributed by atoms with van der Waals surface area (Å²) < 4.78 is 0. The van der Waals surface area contributed by atoms with Gasteiger partial charge in [-0.1, -0.05) is 0 Å². The molecule has 1 aromatic rings. The average molecular weight is 164 g/mol. The van der Waals surface area contributed by atoms with Crippen LogP contribution in [0.15, 0.2) is 18.2 Å². The molecule has 0 amide bonds. The van der Waals surface area contributed by atoms with E-state index < -0.39 is 0 Å². The number of benzene rings is 1. The fraction of sp³-hybridized carbons (Fsp3) is 0.333. The van der Waals surface area contributed by atoms with E-state index in [2.05, 4.69) is 5.32 Å². The van der Waals surface area contributed by atoms with Crippen molar-refractivity contribution < 1.29 is 5.11 Å². The second kappa shape index (κ2) is 2.68. The van der Waals surface area contributed by atoms with E-state index in [-0.39, 0.29) is 5.75 Å². The molecule has 0 bridgehead atoms. The molecule has 64 valence electrons. The van der Waals surface area contributed by atoms with Gasteiger partial charge in [0.2, 0.25) is 0 Å². The molecule has 4 N–H and O–H groups in total. The molecule has 1 aliphatic heterocycles. The molecule has 12 heavy (non-hydrogen) atoms. The Morgan fingerprint density at radius 1 is 1.50 bits per heavy atom. The Morgan fingerprint density at radius 2 is 2.25 bits per heavy atom. The summed E-state index contributed by atoms with van der Waals surface area (Å²) in [6, 6.07) is 5.42. The number of nitrogens with one attached hydrogen (secondary N) is 1. The lowest BCUT2D eigenvalue weighted by molar-refractivity contribution is 0.382. The maximum Gasteiger partial charge on any atom is 0.116 e. The molecule has 0 aliphatic carbocycles. The second-order valence-electron chi connectivity index (χ2n) is 3.11. The molecule has 1 aliphatic rings. The van der Waals surface area contributed by atoms with Gasteiger partial charge in [-0.25, -0.2) is 0 Å². The van der Waals surface area contributed by atoms with Gasteiger partial charge in [0.15, 0.2) is 0 Å². The largest absolute Gasteiger partial charge is 0.508 e. The van der Waals surface area contributed by atoms with Crippen LogP contribution in [0.5, 0.6) is 5.75 Å². The highest BCUT2D eigenvalue weighted by atomic mass is 16.3. The predicted molar refractivity (Wildman–Crippen MR) is 47.9 cm³/mol. The van der Waals surface area contributed by atoms with E-state index in [1.54, 1.807) is 18.2 Å². The molecule has 1 saturated heterocycles. The minimum Gasteiger partial charge on any atom is -0.508 e. The van der Waals surface area contributed by atoms with E-state index in [1.807, 2.05) is 0 Å². The van der Waals surface area contributed by atoms with Crippen LogP contribution in [0, 0.1) is 0 Å². The van der Waals surface area contributed by atoms with Gasteiger partial charge in [-0.2, -0.15) is 0 Å². The van der Waals surface area contributed by atoms with Crippen LogP contribution in [0.1, 0.15) is 18.0 Å². The summed E-state index contributed by atoms with van der Waals surface area (Å²) in [5.41, 5.74) is 7.52. The second-order valence-corrected chi connectivity index (χ2v) is 3.11. The van der Waals surface area contributed by atoms with Crippen LogP contribution in [0.3, 0.4) is 0 Å². The first-order valence-corrected chi connectivity index (χ1v) is 4.09. The van der Waals surface area contributed by atoms with Crippen LogP contribution < -0.4 is 11.1 Å². The third-order valence-corrected chi connectivity index (χ3v) is 2.27. The van der Waals surface area contributed by atoms with Crippen LogP contribution in [-0.2, 0) is 0 Å². The quantitative estimate of drug-likeness (QED) is 0.429. The molecule has 0 aromatic heterocycles. The molecule has 1 heterocycles. The van der Waals surface area contributed by atoms with E-state index in [0.29, 0.717) is 6.04 Å². The lowest BCUT2D eigenvalue weighted by Crippen LogP contribution is -2.35. The molecule has 3 nitrogen and oxygen atoms in total. The molecule has 2 rings (SSSR count). The lowest BCUT2D eigenvalue weighted by Gasteiger charge is -2.29. The van der Waals surface area contributed by atoms with Gasteiger partial charge < -0.3 is 16.2 Å². The van der Waals surface area contributed by atoms with Crippen LogP contribution >= 0.6 is 0 Å². The Hall–Kier alpha value is -1.22. The number of hydrogen-bond acceptors (Lipinski definition) is 3. The Kier molecular flexibility index (Phi) is 1.66. The zero-order valence-electron chi connectivity index (χ0n) is 6.75. The molecule has 0 radical (unpaired) electrons. The molecule has 0 unspecified atom stereocenters. The predicted octanol–water partition coefficient (Wildman–Crippen LogP) is 1.01. The van der Waals surface area contributed by atoms with Crippen LogP contribution in [0.2, 0.25) is 0 Å². The third-order valence-electron chi connectivity index (χ3n) is 2.27. The lowest BCUT2D eigenvalue weighted by atomic mass is 9.96. The van der Waals surface area contributed by atoms with Gasteiger partial charge in [-0.05, 0) is 36.7 Å². The van der Waals surface area contributed by atoms with E-state index in [1.165, 1.54) is 0 Å². The Labute approximate surface area is 71.2 Å². The first-order chi connectivity index (χ1) is 5.77. The van der Waals surface area contributed by atoms with Crippen molar-refractivity contribution in [3.8, 4) is 5.75 Å². The third kappa shape index (κ3) is 1.12. The summed E-state index contributed by atoms with van der Waals surface area (Å²) in [4.78, 5) is 0. The smallest absolute Gasteiger partial charge is 0.116 e. The number of anilines is 1. The summed E-state index contributed by atoms with van der Waals surface area (Å²) in [5.74, 6) is 0.285. The Morgan fingerprint density at radius 3 is 2.83 bits per heavy atom.